The van der Waals surface area contributed by atoms with Crippen LogP contribution in [-0.4, -0.2) is 12.1 Å². The maximum Gasteiger partial charge on any atom is 0.238 e. The highest BCUT2D eigenvalue weighted by Gasteiger charge is 2.10. The van der Waals surface area contributed by atoms with Gasteiger partial charge in [-0.05, 0) is 35.9 Å². The van der Waals surface area contributed by atoms with Crippen LogP contribution in [0.4, 0.5) is 0 Å². The van der Waals surface area contributed by atoms with Crippen molar-refractivity contribution in [2.75, 3.05) is 7.11 Å². The minimum Gasteiger partial charge on any atom is -0.497 e. The second kappa shape index (κ2) is 5.51. The Kier molecular flexibility index (Phi) is 3.40. The Morgan fingerprint density at radius 3 is 2.86 bits per heavy atom. The van der Waals surface area contributed by atoms with E-state index in [-0.39, 0.29) is 0 Å². The van der Waals surface area contributed by atoms with Crippen molar-refractivity contribution in [1.82, 2.24) is 4.98 Å². The first kappa shape index (κ1) is 12.9. The van der Waals surface area contributed by atoms with E-state index >= 15 is 0 Å². The number of methoxy groups -OCH3 is 1. The van der Waals surface area contributed by atoms with Crippen molar-refractivity contribution in [3.8, 4) is 11.8 Å². The molecule has 1 heterocycles. The number of oxazole rings is 1. The Labute approximate surface area is 121 Å². The van der Waals surface area contributed by atoms with Crippen LogP contribution in [0.15, 0.2) is 52.9 Å². The molecule has 21 heavy (non-hydrogen) atoms. The highest BCUT2D eigenvalue weighted by atomic mass is 16.5. The van der Waals surface area contributed by atoms with Gasteiger partial charge in [-0.25, -0.2) is 4.98 Å². The minimum atomic E-state index is 0.321. The second-order valence-corrected chi connectivity index (χ2v) is 4.43. The van der Waals surface area contributed by atoms with Gasteiger partial charge in [-0.2, -0.15) is 5.26 Å². The van der Waals surface area contributed by atoms with E-state index in [2.05, 4.69) is 11.1 Å². The fraction of sp³-hybridized carbons (Fsp3) is 0.0588. The Balaban J connectivity index is 2.04. The molecule has 2 aromatic carbocycles. The van der Waals surface area contributed by atoms with E-state index in [1.54, 1.807) is 13.2 Å². The third kappa shape index (κ3) is 2.63. The third-order valence-electron chi connectivity index (χ3n) is 3.05. The molecule has 4 heteroatoms. The highest BCUT2D eigenvalue weighted by molar-refractivity contribution is 5.88. The summed E-state index contributed by atoms with van der Waals surface area (Å²) in [5, 5.41) is 9.34. The molecule has 1 aromatic heterocycles. The summed E-state index contributed by atoms with van der Waals surface area (Å²) in [4.78, 5) is 4.33. The zero-order chi connectivity index (χ0) is 14.7. The van der Waals surface area contributed by atoms with E-state index < -0.39 is 0 Å². The van der Waals surface area contributed by atoms with Crippen molar-refractivity contribution in [2.45, 2.75) is 0 Å². The summed E-state index contributed by atoms with van der Waals surface area (Å²) < 4.78 is 10.8. The minimum absolute atomic E-state index is 0.321. The van der Waals surface area contributed by atoms with Crippen LogP contribution in [0.1, 0.15) is 11.5 Å². The lowest BCUT2D eigenvalue weighted by Gasteiger charge is -2.00. The smallest absolute Gasteiger partial charge is 0.238 e. The van der Waals surface area contributed by atoms with E-state index in [0.29, 0.717) is 17.0 Å². The molecule has 0 aliphatic heterocycles. The molecule has 0 amide bonds. The molecule has 0 atom stereocenters. The van der Waals surface area contributed by atoms with Crippen LogP contribution in [-0.2, 0) is 0 Å². The molecule has 0 spiro atoms. The predicted molar refractivity (Wildman–Crippen MR) is 80.5 cm³/mol. The van der Waals surface area contributed by atoms with E-state index in [1.807, 2.05) is 48.5 Å². The van der Waals surface area contributed by atoms with Crippen LogP contribution < -0.4 is 4.74 Å². The van der Waals surface area contributed by atoms with Crippen LogP contribution in [0.3, 0.4) is 0 Å². The van der Waals surface area contributed by atoms with Gasteiger partial charge >= 0.3 is 0 Å². The molecular weight excluding hydrogens is 264 g/mol. The van der Waals surface area contributed by atoms with Gasteiger partial charge < -0.3 is 9.15 Å². The van der Waals surface area contributed by atoms with Gasteiger partial charge in [-0.15, -0.1) is 0 Å². The summed E-state index contributed by atoms with van der Waals surface area (Å²) >= 11 is 0. The van der Waals surface area contributed by atoms with Crippen LogP contribution in [0.2, 0.25) is 0 Å². The Morgan fingerprint density at radius 1 is 1.24 bits per heavy atom. The van der Waals surface area contributed by atoms with Crippen molar-refractivity contribution in [1.29, 1.82) is 5.26 Å². The number of ether oxygens (including phenoxy) is 1. The average Bonchev–Trinajstić information content (AvgIpc) is 2.96. The van der Waals surface area contributed by atoms with Crippen molar-refractivity contribution < 1.29 is 9.15 Å². The monoisotopic (exact) mass is 276 g/mol. The Hall–Kier alpha value is -3.06. The molecule has 0 saturated carbocycles. The Morgan fingerprint density at radius 2 is 2.10 bits per heavy atom. The molecule has 102 valence electrons. The summed E-state index contributed by atoms with van der Waals surface area (Å²) in [6, 6.07) is 17.0. The maximum atomic E-state index is 9.34. The predicted octanol–water partition coefficient (Wildman–Crippen LogP) is 3.90. The molecule has 0 aliphatic carbocycles. The molecular formula is C17H12N2O2. The topological polar surface area (TPSA) is 59.0 Å². The van der Waals surface area contributed by atoms with Crippen LogP contribution in [0, 0.1) is 11.3 Å². The number of para-hydroxylation sites is 2. The van der Waals surface area contributed by atoms with Gasteiger partial charge in [0, 0.05) is 0 Å². The second-order valence-electron chi connectivity index (χ2n) is 4.43. The van der Waals surface area contributed by atoms with Gasteiger partial charge in [0.1, 0.15) is 22.9 Å². The summed E-state index contributed by atoms with van der Waals surface area (Å²) in [5.74, 6) is 1.06. The summed E-state index contributed by atoms with van der Waals surface area (Å²) in [5.41, 5.74) is 2.63. The van der Waals surface area contributed by atoms with Crippen LogP contribution in [0.25, 0.3) is 22.7 Å². The van der Waals surface area contributed by atoms with E-state index in [1.165, 1.54) is 0 Å². The lowest BCUT2D eigenvalue weighted by atomic mass is 10.1. The highest BCUT2D eigenvalue weighted by Crippen LogP contribution is 2.23. The standard InChI is InChI=1S/C17H12N2O2/c1-20-14-6-4-5-12(10-14)9-13(11-18)17-19-15-7-2-3-8-16(15)21-17/h2-10H,1H3. The van der Waals surface area contributed by atoms with E-state index in [4.69, 9.17) is 9.15 Å². The molecule has 3 aromatic rings. The number of benzene rings is 2. The first-order valence-corrected chi connectivity index (χ1v) is 6.42. The normalized spacial score (nSPS) is 11.3. The average molecular weight is 276 g/mol. The summed E-state index contributed by atoms with van der Waals surface area (Å²) in [6.45, 7) is 0. The van der Waals surface area contributed by atoms with Crippen LogP contribution >= 0.6 is 0 Å². The van der Waals surface area contributed by atoms with Gasteiger partial charge in [-0.1, -0.05) is 24.3 Å². The lowest BCUT2D eigenvalue weighted by Crippen LogP contribution is -1.84. The van der Waals surface area contributed by atoms with Gasteiger partial charge in [-0.3, -0.25) is 0 Å². The number of hydrogen-bond donors (Lipinski definition) is 0. The fourth-order valence-corrected chi connectivity index (χ4v) is 2.03. The number of fused-ring (bicyclic) bond motifs is 1. The summed E-state index contributed by atoms with van der Waals surface area (Å²) in [7, 11) is 1.61. The van der Waals surface area contributed by atoms with E-state index in [9.17, 15) is 5.26 Å². The van der Waals surface area contributed by atoms with Gasteiger partial charge in [0.25, 0.3) is 0 Å². The Bertz CT molecular complexity index is 823. The van der Waals surface area contributed by atoms with E-state index in [0.717, 1.165) is 16.8 Å². The summed E-state index contributed by atoms with van der Waals surface area (Å²) in [6.07, 6.45) is 1.73. The third-order valence-corrected chi connectivity index (χ3v) is 3.05. The fourth-order valence-electron chi connectivity index (χ4n) is 2.03. The maximum absolute atomic E-state index is 9.34. The molecule has 0 radical (unpaired) electrons. The largest absolute Gasteiger partial charge is 0.497 e. The first-order valence-electron chi connectivity index (χ1n) is 6.42. The molecule has 0 saturated heterocycles. The quantitative estimate of drug-likeness (QED) is 0.681. The number of aromatic nitrogens is 1. The van der Waals surface area contributed by atoms with Crippen molar-refractivity contribution in [2.24, 2.45) is 0 Å². The van der Waals surface area contributed by atoms with Gasteiger partial charge in [0.2, 0.25) is 5.89 Å². The number of rotatable bonds is 3. The molecule has 0 aliphatic rings. The number of nitriles is 1. The SMILES string of the molecule is COc1cccc(C=C(C#N)c2nc3ccccc3o2)c1. The number of hydrogen-bond acceptors (Lipinski definition) is 4. The molecule has 3 rings (SSSR count). The number of allylic oxidation sites excluding steroid dienone is 1. The van der Waals surface area contributed by atoms with Crippen molar-refractivity contribution >= 4 is 22.7 Å². The van der Waals surface area contributed by atoms with Gasteiger partial charge in [0.05, 0.1) is 7.11 Å². The van der Waals surface area contributed by atoms with Gasteiger partial charge in [0.15, 0.2) is 5.58 Å². The van der Waals surface area contributed by atoms with Crippen molar-refractivity contribution in [3.05, 3.63) is 60.0 Å². The van der Waals surface area contributed by atoms with Crippen LogP contribution in [0.5, 0.6) is 5.75 Å². The molecule has 0 bridgehead atoms. The molecule has 0 N–H and O–H groups in total. The molecule has 0 unspecified atom stereocenters. The molecule has 4 nitrogen and oxygen atoms in total. The zero-order valence-corrected chi connectivity index (χ0v) is 11.4. The lowest BCUT2D eigenvalue weighted by molar-refractivity contribution is 0.414. The first-order chi connectivity index (χ1) is 10.3. The van der Waals surface area contributed by atoms with Crippen molar-refractivity contribution in [3.63, 3.8) is 0 Å². The molecule has 0 fully saturated rings. The zero-order valence-electron chi connectivity index (χ0n) is 11.4. The number of nitrogens with zero attached hydrogens (tertiary/aromatic N) is 2.